The molecule has 1 aromatic heterocycles. The van der Waals surface area contributed by atoms with Gasteiger partial charge in [-0.3, -0.25) is 4.79 Å². The van der Waals surface area contributed by atoms with Gasteiger partial charge >= 0.3 is 5.63 Å². The van der Waals surface area contributed by atoms with Crippen LogP contribution in [0.3, 0.4) is 0 Å². The van der Waals surface area contributed by atoms with Crippen LogP contribution in [-0.2, 0) is 4.79 Å². The Morgan fingerprint density at radius 3 is 3.00 bits per heavy atom. The van der Waals surface area contributed by atoms with Crippen LogP contribution in [0.15, 0.2) is 27.6 Å². The molecule has 0 aromatic carbocycles. The van der Waals surface area contributed by atoms with E-state index in [1.807, 2.05) is 0 Å². The van der Waals surface area contributed by atoms with Crippen molar-refractivity contribution < 1.29 is 9.21 Å². The highest BCUT2D eigenvalue weighted by Gasteiger charge is 1.94. The van der Waals surface area contributed by atoms with Crippen LogP contribution in [0.4, 0.5) is 5.69 Å². The number of amides is 1. The van der Waals surface area contributed by atoms with Crippen LogP contribution in [0.1, 0.15) is 0 Å². The van der Waals surface area contributed by atoms with E-state index in [9.17, 15) is 9.59 Å². The second kappa shape index (κ2) is 2.82. The summed E-state index contributed by atoms with van der Waals surface area (Å²) in [5.41, 5.74) is -0.396. The largest absolute Gasteiger partial charge is 0.430 e. The Balaban J connectivity index is 3.03. The summed E-state index contributed by atoms with van der Waals surface area (Å²) in [7, 11) is 0. The lowest BCUT2D eigenvalue weighted by Gasteiger charge is -1.91. The fraction of sp³-hybridized carbons (Fsp3) is 0. The smallest absolute Gasteiger partial charge is 0.359 e. The molecule has 0 saturated carbocycles. The van der Waals surface area contributed by atoms with E-state index in [-0.39, 0.29) is 5.69 Å². The van der Waals surface area contributed by atoms with Crippen molar-refractivity contribution in [2.75, 3.05) is 5.32 Å². The maximum absolute atomic E-state index is 10.6. The molecule has 0 fully saturated rings. The lowest BCUT2D eigenvalue weighted by Crippen LogP contribution is -2.07. The zero-order chi connectivity index (χ0) is 7.40. The molecule has 10 heavy (non-hydrogen) atoms. The molecule has 1 aromatic rings. The molecule has 1 N–H and O–H groups in total. The quantitative estimate of drug-likeness (QED) is 0.595. The molecule has 0 radical (unpaired) electrons. The van der Waals surface area contributed by atoms with Gasteiger partial charge in [-0.15, -0.1) is 0 Å². The number of carbonyl (C=O) groups excluding carboxylic acids is 1. The average molecular weight is 139 g/mol. The third-order valence-electron chi connectivity index (χ3n) is 0.951. The van der Waals surface area contributed by atoms with E-state index in [0.717, 1.165) is 0 Å². The van der Waals surface area contributed by atoms with E-state index < -0.39 is 5.63 Å². The molecule has 1 rings (SSSR count). The van der Waals surface area contributed by atoms with E-state index in [0.29, 0.717) is 6.41 Å². The van der Waals surface area contributed by atoms with Crippen molar-refractivity contribution in [2.24, 2.45) is 0 Å². The highest BCUT2D eigenvalue weighted by atomic mass is 16.4. The van der Waals surface area contributed by atoms with E-state index in [1.54, 1.807) is 0 Å². The highest BCUT2D eigenvalue weighted by Crippen LogP contribution is 1.94. The van der Waals surface area contributed by atoms with E-state index in [4.69, 9.17) is 0 Å². The molecular formula is C6H5NO3. The molecule has 1 amide bonds. The van der Waals surface area contributed by atoms with Crippen LogP contribution in [0.2, 0.25) is 0 Å². The molecule has 0 aliphatic rings. The minimum absolute atomic E-state index is 0.150. The van der Waals surface area contributed by atoms with Crippen molar-refractivity contribution in [3.05, 3.63) is 28.8 Å². The van der Waals surface area contributed by atoms with Crippen LogP contribution in [0, 0.1) is 0 Å². The van der Waals surface area contributed by atoms with E-state index >= 15 is 0 Å². The summed E-state index contributed by atoms with van der Waals surface area (Å²) in [6.07, 6.45) is 1.67. The second-order valence-electron chi connectivity index (χ2n) is 1.58. The molecule has 0 saturated heterocycles. The Kier molecular flexibility index (Phi) is 1.84. The Morgan fingerprint density at radius 2 is 2.40 bits per heavy atom. The van der Waals surface area contributed by atoms with Gasteiger partial charge in [-0.05, 0) is 12.1 Å². The highest BCUT2D eigenvalue weighted by molar-refractivity contribution is 5.69. The minimum Gasteiger partial charge on any atom is -0.430 e. The van der Waals surface area contributed by atoms with Gasteiger partial charge in [-0.1, -0.05) is 0 Å². The first kappa shape index (κ1) is 6.54. The Labute approximate surface area is 56.5 Å². The predicted molar refractivity (Wildman–Crippen MR) is 34.7 cm³/mol. The molecule has 52 valence electrons. The lowest BCUT2D eigenvalue weighted by atomic mass is 10.4. The predicted octanol–water partition coefficient (Wildman–Crippen LogP) is 0.208. The van der Waals surface area contributed by atoms with Gasteiger partial charge in [0.2, 0.25) is 6.41 Å². The molecule has 0 aliphatic heterocycles. The molecule has 0 unspecified atom stereocenters. The first-order chi connectivity index (χ1) is 4.84. The SMILES string of the molecule is O=CNc1cccoc1=O. The molecule has 0 atom stereocenters. The van der Waals surface area contributed by atoms with Crippen molar-refractivity contribution >= 4 is 12.1 Å². The van der Waals surface area contributed by atoms with Gasteiger partial charge in [-0.2, -0.15) is 0 Å². The molecule has 0 aliphatic carbocycles. The van der Waals surface area contributed by atoms with Gasteiger partial charge in [0, 0.05) is 0 Å². The molecule has 4 nitrogen and oxygen atoms in total. The van der Waals surface area contributed by atoms with Crippen molar-refractivity contribution in [2.45, 2.75) is 0 Å². The lowest BCUT2D eigenvalue weighted by molar-refractivity contribution is -0.105. The minimum atomic E-state index is -0.547. The third kappa shape index (κ3) is 1.22. The maximum atomic E-state index is 10.6. The van der Waals surface area contributed by atoms with E-state index in [1.165, 1.54) is 18.4 Å². The first-order valence-corrected chi connectivity index (χ1v) is 2.62. The summed E-state index contributed by atoms with van der Waals surface area (Å²) in [5, 5.41) is 2.19. The summed E-state index contributed by atoms with van der Waals surface area (Å²) in [6.45, 7) is 0. The van der Waals surface area contributed by atoms with Crippen molar-refractivity contribution in [3.63, 3.8) is 0 Å². The summed E-state index contributed by atoms with van der Waals surface area (Å²) in [4.78, 5) is 20.5. The van der Waals surface area contributed by atoms with E-state index in [2.05, 4.69) is 9.73 Å². The Morgan fingerprint density at radius 1 is 1.60 bits per heavy atom. The Bertz CT molecular complexity index is 278. The van der Waals surface area contributed by atoms with Gasteiger partial charge in [0.1, 0.15) is 5.69 Å². The van der Waals surface area contributed by atoms with Crippen LogP contribution in [0.5, 0.6) is 0 Å². The van der Waals surface area contributed by atoms with Crippen molar-refractivity contribution in [1.29, 1.82) is 0 Å². The van der Waals surface area contributed by atoms with Gasteiger partial charge in [-0.25, -0.2) is 4.79 Å². The molecular weight excluding hydrogens is 134 g/mol. The Hall–Kier alpha value is -1.58. The summed E-state index contributed by atoms with van der Waals surface area (Å²) in [5.74, 6) is 0. The van der Waals surface area contributed by atoms with Gasteiger partial charge in [0.05, 0.1) is 6.26 Å². The van der Waals surface area contributed by atoms with Crippen LogP contribution in [-0.4, -0.2) is 6.41 Å². The van der Waals surface area contributed by atoms with Crippen molar-refractivity contribution in [1.82, 2.24) is 0 Å². The van der Waals surface area contributed by atoms with Gasteiger partial charge in [0.15, 0.2) is 0 Å². The molecule has 0 bridgehead atoms. The number of anilines is 1. The summed E-state index contributed by atoms with van der Waals surface area (Å²) < 4.78 is 4.43. The van der Waals surface area contributed by atoms with Crippen LogP contribution >= 0.6 is 0 Å². The number of carbonyl (C=O) groups is 1. The fourth-order valence-corrected chi connectivity index (χ4v) is 0.539. The first-order valence-electron chi connectivity index (χ1n) is 2.62. The van der Waals surface area contributed by atoms with Crippen molar-refractivity contribution in [3.8, 4) is 0 Å². The van der Waals surface area contributed by atoms with Crippen LogP contribution < -0.4 is 10.9 Å². The fourth-order valence-electron chi connectivity index (χ4n) is 0.539. The standard InChI is InChI=1S/C6H5NO3/c8-4-7-5-2-1-3-10-6(5)9/h1-4H,(H,7,8). The zero-order valence-corrected chi connectivity index (χ0v) is 5.03. The number of hydrogen-bond acceptors (Lipinski definition) is 3. The summed E-state index contributed by atoms with van der Waals surface area (Å²) >= 11 is 0. The van der Waals surface area contributed by atoms with Crippen LogP contribution in [0.25, 0.3) is 0 Å². The van der Waals surface area contributed by atoms with Gasteiger partial charge < -0.3 is 9.73 Å². The zero-order valence-electron chi connectivity index (χ0n) is 5.03. The second-order valence-corrected chi connectivity index (χ2v) is 1.58. The average Bonchev–Trinajstić information content (AvgIpc) is 1.94. The maximum Gasteiger partial charge on any atom is 0.359 e. The monoisotopic (exact) mass is 139 g/mol. The topological polar surface area (TPSA) is 59.3 Å². The number of nitrogens with one attached hydrogen (secondary N) is 1. The number of rotatable bonds is 2. The summed E-state index contributed by atoms with van der Waals surface area (Å²) in [6, 6.07) is 2.98. The normalized spacial score (nSPS) is 8.80. The third-order valence-corrected chi connectivity index (χ3v) is 0.951. The van der Waals surface area contributed by atoms with Gasteiger partial charge in [0.25, 0.3) is 0 Å². The molecule has 4 heteroatoms. The molecule has 0 spiro atoms. The molecule has 1 heterocycles. The number of hydrogen-bond donors (Lipinski definition) is 1.